The number of hydrogen-bond donors (Lipinski definition) is 0. The van der Waals surface area contributed by atoms with Gasteiger partial charge in [0.1, 0.15) is 12.6 Å². The first-order valence-corrected chi connectivity index (χ1v) is 6.08. The quantitative estimate of drug-likeness (QED) is 0.817. The zero-order valence-corrected chi connectivity index (χ0v) is 10.8. The number of rotatable bonds is 3. The van der Waals surface area contributed by atoms with Crippen molar-refractivity contribution < 1.29 is 4.79 Å². The van der Waals surface area contributed by atoms with E-state index < -0.39 is 0 Å². The Bertz CT molecular complexity index is 527. The number of carbonyl (C=O) groups is 1. The summed E-state index contributed by atoms with van der Waals surface area (Å²) in [5.74, 6) is 0. The summed E-state index contributed by atoms with van der Waals surface area (Å²) in [7, 11) is 1.88. The van der Waals surface area contributed by atoms with Crippen molar-refractivity contribution in [3.63, 3.8) is 0 Å². The first-order chi connectivity index (χ1) is 7.70. The van der Waals surface area contributed by atoms with Crippen LogP contribution in [0.25, 0.3) is 0 Å². The molecule has 0 amide bonds. The van der Waals surface area contributed by atoms with Crippen LogP contribution in [0.5, 0.6) is 0 Å². The molecule has 0 aliphatic carbocycles. The second kappa shape index (κ2) is 4.80. The number of carbonyl (C=O) groups excluding carboxylic acids is 1. The normalized spacial score (nSPS) is 10.4. The van der Waals surface area contributed by atoms with Crippen molar-refractivity contribution in [2.45, 2.75) is 10.1 Å². The molecule has 0 fully saturated rings. The Labute approximate surface area is 105 Å². The van der Waals surface area contributed by atoms with Crippen molar-refractivity contribution in [1.29, 1.82) is 0 Å². The average molecular weight is 298 g/mol. The highest BCUT2D eigenvalue weighted by Crippen LogP contribution is 2.32. The topological polar surface area (TPSA) is 47.8 Å². The molecule has 0 aliphatic rings. The second-order valence-corrected chi connectivity index (χ2v) is 5.00. The van der Waals surface area contributed by atoms with Crippen molar-refractivity contribution in [3.8, 4) is 0 Å². The van der Waals surface area contributed by atoms with Crippen molar-refractivity contribution in [1.82, 2.24) is 14.8 Å². The molecule has 2 rings (SSSR count). The van der Waals surface area contributed by atoms with E-state index in [1.54, 1.807) is 18.5 Å². The van der Waals surface area contributed by atoms with Crippen LogP contribution in [-0.2, 0) is 7.05 Å². The first kappa shape index (κ1) is 11.3. The van der Waals surface area contributed by atoms with Gasteiger partial charge in [0, 0.05) is 22.0 Å². The molecule has 0 aliphatic heterocycles. The molecular weight excluding hydrogens is 290 g/mol. The fraction of sp³-hybridized carbons (Fsp3) is 0.100. The number of aryl methyl sites for hydroxylation is 1. The first-order valence-electron chi connectivity index (χ1n) is 4.47. The molecule has 0 bridgehead atoms. The summed E-state index contributed by atoms with van der Waals surface area (Å²) >= 11 is 4.91. The van der Waals surface area contributed by atoms with Gasteiger partial charge < -0.3 is 4.57 Å². The van der Waals surface area contributed by atoms with Gasteiger partial charge in [0.25, 0.3) is 0 Å². The van der Waals surface area contributed by atoms with Gasteiger partial charge in [-0.05, 0) is 39.8 Å². The Morgan fingerprint density at radius 3 is 2.88 bits per heavy atom. The molecule has 0 saturated heterocycles. The van der Waals surface area contributed by atoms with Gasteiger partial charge in [0.05, 0.1) is 0 Å². The Morgan fingerprint density at radius 1 is 1.50 bits per heavy atom. The van der Waals surface area contributed by atoms with Crippen LogP contribution in [-0.4, -0.2) is 21.1 Å². The Hall–Kier alpha value is -1.14. The fourth-order valence-corrected chi connectivity index (χ4v) is 2.54. The van der Waals surface area contributed by atoms with E-state index >= 15 is 0 Å². The number of nitrogens with zero attached hydrogens (tertiary/aromatic N) is 3. The zero-order valence-electron chi connectivity index (χ0n) is 8.42. The van der Waals surface area contributed by atoms with Crippen molar-refractivity contribution >= 4 is 34.0 Å². The van der Waals surface area contributed by atoms with Crippen LogP contribution in [0.1, 0.15) is 10.4 Å². The molecule has 1 aromatic carbocycles. The lowest BCUT2D eigenvalue weighted by Crippen LogP contribution is -1.89. The zero-order chi connectivity index (χ0) is 11.5. The number of aldehydes is 1. The van der Waals surface area contributed by atoms with Gasteiger partial charge in [0.2, 0.25) is 0 Å². The van der Waals surface area contributed by atoms with Crippen molar-refractivity contribution in [2.75, 3.05) is 0 Å². The highest BCUT2D eigenvalue weighted by Gasteiger charge is 2.07. The van der Waals surface area contributed by atoms with E-state index in [9.17, 15) is 4.79 Å². The van der Waals surface area contributed by atoms with Crippen molar-refractivity contribution in [2.24, 2.45) is 7.05 Å². The summed E-state index contributed by atoms with van der Waals surface area (Å²) in [6, 6.07) is 5.44. The van der Waals surface area contributed by atoms with E-state index in [1.165, 1.54) is 11.8 Å². The van der Waals surface area contributed by atoms with Crippen LogP contribution in [0.15, 0.2) is 39.1 Å². The second-order valence-electron chi connectivity index (χ2n) is 3.13. The number of hydrogen-bond acceptors (Lipinski definition) is 4. The molecule has 0 saturated carbocycles. The molecule has 2 aromatic rings. The number of benzene rings is 1. The summed E-state index contributed by atoms with van der Waals surface area (Å²) in [6.07, 6.45) is 2.47. The van der Waals surface area contributed by atoms with E-state index in [-0.39, 0.29) is 0 Å². The van der Waals surface area contributed by atoms with E-state index in [0.29, 0.717) is 5.56 Å². The van der Waals surface area contributed by atoms with Gasteiger partial charge >= 0.3 is 0 Å². The number of aromatic nitrogens is 3. The van der Waals surface area contributed by atoms with Crippen LogP contribution in [0, 0.1) is 0 Å². The molecular formula is C10H8BrN3OS. The van der Waals surface area contributed by atoms with Crippen LogP contribution < -0.4 is 0 Å². The molecule has 0 unspecified atom stereocenters. The van der Waals surface area contributed by atoms with Gasteiger partial charge in [-0.1, -0.05) is 6.07 Å². The molecule has 0 N–H and O–H groups in total. The monoisotopic (exact) mass is 297 g/mol. The Morgan fingerprint density at radius 2 is 2.31 bits per heavy atom. The largest absolute Gasteiger partial charge is 0.311 e. The van der Waals surface area contributed by atoms with Crippen molar-refractivity contribution in [3.05, 3.63) is 34.6 Å². The maximum atomic E-state index is 10.6. The smallest absolute Gasteiger partial charge is 0.195 e. The third-order valence-electron chi connectivity index (χ3n) is 1.96. The summed E-state index contributed by atoms with van der Waals surface area (Å²) in [4.78, 5) is 11.6. The van der Waals surface area contributed by atoms with E-state index in [4.69, 9.17) is 0 Å². The van der Waals surface area contributed by atoms with E-state index in [1.807, 2.05) is 17.7 Å². The lowest BCUT2D eigenvalue weighted by atomic mass is 10.2. The maximum Gasteiger partial charge on any atom is 0.195 e. The van der Waals surface area contributed by atoms with Gasteiger partial charge in [0.15, 0.2) is 5.16 Å². The highest BCUT2D eigenvalue weighted by molar-refractivity contribution is 9.10. The molecule has 1 heterocycles. The summed E-state index contributed by atoms with van der Waals surface area (Å²) in [6.45, 7) is 0. The van der Waals surface area contributed by atoms with Crippen LogP contribution >= 0.6 is 27.7 Å². The predicted octanol–water partition coefficient (Wildman–Crippen LogP) is 2.54. The number of halogens is 1. The van der Waals surface area contributed by atoms with Crippen LogP contribution in [0.2, 0.25) is 0 Å². The highest BCUT2D eigenvalue weighted by atomic mass is 79.9. The molecule has 16 heavy (non-hydrogen) atoms. The molecule has 1 aromatic heterocycles. The molecule has 6 heteroatoms. The Balaban J connectivity index is 2.29. The lowest BCUT2D eigenvalue weighted by molar-refractivity contribution is 0.112. The fourth-order valence-electron chi connectivity index (χ4n) is 1.14. The molecule has 0 radical (unpaired) electrons. The predicted molar refractivity (Wildman–Crippen MR) is 64.7 cm³/mol. The van der Waals surface area contributed by atoms with Crippen LogP contribution in [0.3, 0.4) is 0 Å². The molecule has 82 valence electrons. The third-order valence-corrected chi connectivity index (χ3v) is 4.01. The summed E-state index contributed by atoms with van der Waals surface area (Å²) < 4.78 is 2.72. The third kappa shape index (κ3) is 2.33. The van der Waals surface area contributed by atoms with Crippen LogP contribution in [0.4, 0.5) is 0 Å². The minimum Gasteiger partial charge on any atom is -0.311 e. The lowest BCUT2D eigenvalue weighted by Gasteiger charge is -2.03. The molecule has 4 nitrogen and oxygen atoms in total. The standard InChI is InChI=1S/C10H8BrN3OS/c1-14-6-12-13-10(14)16-9-3-2-7(5-15)4-8(9)11/h2-6H,1H3. The Kier molecular flexibility index (Phi) is 3.40. The van der Waals surface area contributed by atoms with Gasteiger partial charge in [-0.25, -0.2) is 0 Å². The van der Waals surface area contributed by atoms with E-state index in [0.717, 1.165) is 20.8 Å². The maximum absolute atomic E-state index is 10.6. The minimum atomic E-state index is 0.647. The van der Waals surface area contributed by atoms with Gasteiger partial charge in [-0.15, -0.1) is 10.2 Å². The minimum absolute atomic E-state index is 0.647. The molecule has 0 atom stereocenters. The average Bonchev–Trinajstić information content (AvgIpc) is 2.67. The summed E-state index contributed by atoms with van der Waals surface area (Å²) in [5, 5.41) is 8.59. The van der Waals surface area contributed by atoms with Gasteiger partial charge in [-0.3, -0.25) is 4.79 Å². The molecule has 0 spiro atoms. The van der Waals surface area contributed by atoms with Gasteiger partial charge in [-0.2, -0.15) is 0 Å². The SMILES string of the molecule is Cn1cnnc1Sc1ccc(C=O)cc1Br. The summed E-state index contributed by atoms with van der Waals surface area (Å²) in [5.41, 5.74) is 0.647. The van der Waals surface area contributed by atoms with E-state index in [2.05, 4.69) is 26.1 Å².